The van der Waals surface area contributed by atoms with Crippen molar-refractivity contribution in [2.24, 2.45) is 5.73 Å². The topological polar surface area (TPSA) is 55.6 Å². The van der Waals surface area contributed by atoms with E-state index < -0.39 is 11.1 Å². The van der Waals surface area contributed by atoms with Crippen molar-refractivity contribution < 1.29 is 13.9 Å². The van der Waals surface area contributed by atoms with Gasteiger partial charge in [0.25, 0.3) is 0 Å². The van der Waals surface area contributed by atoms with Crippen LogP contribution in [0, 0.1) is 5.82 Å². The lowest BCUT2D eigenvalue weighted by atomic mass is 9.83. The summed E-state index contributed by atoms with van der Waals surface area (Å²) in [6.07, 6.45) is 1.12. The Morgan fingerprint density at radius 1 is 1.43 bits per heavy atom. The Hall–Kier alpha value is -1.62. The molecule has 0 bridgehead atoms. The van der Waals surface area contributed by atoms with Crippen molar-refractivity contribution in [3.05, 3.63) is 35.6 Å². The maximum atomic E-state index is 13.4. The van der Waals surface area contributed by atoms with Gasteiger partial charge in [0, 0.05) is 13.1 Å². The molecule has 2 N–H and O–H groups in total. The second kappa shape index (κ2) is 5.64. The van der Waals surface area contributed by atoms with Gasteiger partial charge in [-0.2, -0.15) is 0 Å². The van der Waals surface area contributed by atoms with Crippen LogP contribution in [0.5, 0.6) is 0 Å². The van der Waals surface area contributed by atoms with Gasteiger partial charge < -0.3 is 15.4 Å². The first-order valence-electron chi connectivity index (χ1n) is 7.22. The Labute approximate surface area is 125 Å². The number of likely N-dealkylation sites (tertiary alicyclic amines) is 1. The van der Waals surface area contributed by atoms with Crippen LogP contribution < -0.4 is 5.73 Å². The lowest BCUT2D eigenvalue weighted by molar-refractivity contribution is 0.0137. The van der Waals surface area contributed by atoms with Gasteiger partial charge in [-0.3, -0.25) is 0 Å². The third kappa shape index (κ3) is 3.94. The first-order valence-corrected chi connectivity index (χ1v) is 7.22. The molecule has 1 aromatic carbocycles. The molecular weight excluding hydrogens is 271 g/mol. The fourth-order valence-corrected chi connectivity index (χ4v) is 2.60. The van der Waals surface area contributed by atoms with Crippen molar-refractivity contribution in [3.8, 4) is 0 Å². The van der Waals surface area contributed by atoms with Gasteiger partial charge in [0.2, 0.25) is 0 Å². The van der Waals surface area contributed by atoms with E-state index in [1.165, 1.54) is 12.1 Å². The number of benzene rings is 1. The number of halogens is 1. The zero-order chi connectivity index (χ0) is 15.7. The zero-order valence-corrected chi connectivity index (χ0v) is 12.9. The average molecular weight is 294 g/mol. The minimum absolute atomic E-state index is 0.313. The highest BCUT2D eigenvalue weighted by Crippen LogP contribution is 2.30. The van der Waals surface area contributed by atoms with Crippen molar-refractivity contribution in [2.75, 3.05) is 13.1 Å². The highest BCUT2D eigenvalue weighted by molar-refractivity contribution is 5.68. The lowest BCUT2D eigenvalue weighted by Crippen LogP contribution is -2.54. The third-order valence-corrected chi connectivity index (χ3v) is 3.58. The Bertz CT molecular complexity index is 527. The van der Waals surface area contributed by atoms with Crippen LogP contribution >= 0.6 is 0 Å². The van der Waals surface area contributed by atoms with Crippen molar-refractivity contribution >= 4 is 6.09 Å². The maximum absolute atomic E-state index is 13.4. The van der Waals surface area contributed by atoms with Crippen molar-refractivity contribution in [1.29, 1.82) is 0 Å². The van der Waals surface area contributed by atoms with Gasteiger partial charge in [-0.15, -0.1) is 0 Å². The average Bonchev–Trinajstić information content (AvgIpc) is 2.37. The van der Waals surface area contributed by atoms with E-state index in [9.17, 15) is 9.18 Å². The Morgan fingerprint density at radius 2 is 2.14 bits per heavy atom. The van der Waals surface area contributed by atoms with Crippen LogP contribution in [0.2, 0.25) is 0 Å². The number of rotatable bonds is 1. The number of nitrogens with zero attached hydrogens (tertiary/aromatic N) is 1. The Morgan fingerprint density at radius 3 is 2.76 bits per heavy atom. The van der Waals surface area contributed by atoms with Gasteiger partial charge in [-0.05, 0) is 51.3 Å². The fourth-order valence-electron chi connectivity index (χ4n) is 2.60. The largest absolute Gasteiger partial charge is 0.444 e. The second-order valence-corrected chi connectivity index (χ2v) is 6.67. The fraction of sp³-hybridized carbons (Fsp3) is 0.562. The van der Waals surface area contributed by atoms with Crippen molar-refractivity contribution in [3.63, 3.8) is 0 Å². The summed E-state index contributed by atoms with van der Waals surface area (Å²) in [4.78, 5) is 13.8. The number of hydrogen-bond acceptors (Lipinski definition) is 3. The van der Waals surface area contributed by atoms with E-state index in [1.807, 2.05) is 26.8 Å². The van der Waals surface area contributed by atoms with Crippen LogP contribution in [0.4, 0.5) is 9.18 Å². The normalized spacial score (nSPS) is 23.0. The van der Waals surface area contributed by atoms with Gasteiger partial charge in [0.15, 0.2) is 0 Å². The molecule has 1 amide bonds. The smallest absolute Gasteiger partial charge is 0.410 e. The predicted molar refractivity (Wildman–Crippen MR) is 79.3 cm³/mol. The molecule has 0 radical (unpaired) electrons. The number of piperidine rings is 1. The van der Waals surface area contributed by atoms with Crippen LogP contribution in [0.15, 0.2) is 24.3 Å². The molecule has 0 aromatic heterocycles. The highest BCUT2D eigenvalue weighted by atomic mass is 19.1. The molecule has 21 heavy (non-hydrogen) atoms. The summed E-state index contributed by atoms with van der Waals surface area (Å²) in [7, 11) is 0. The summed E-state index contributed by atoms with van der Waals surface area (Å²) in [6.45, 7) is 6.44. The molecule has 1 fully saturated rings. The number of ether oxygens (including phenoxy) is 1. The van der Waals surface area contributed by atoms with Gasteiger partial charge in [0.1, 0.15) is 11.4 Å². The second-order valence-electron chi connectivity index (χ2n) is 6.67. The molecule has 4 nitrogen and oxygen atoms in total. The van der Waals surface area contributed by atoms with Crippen LogP contribution in [0.3, 0.4) is 0 Å². The van der Waals surface area contributed by atoms with E-state index in [0.717, 1.165) is 18.4 Å². The molecule has 1 heterocycles. The van der Waals surface area contributed by atoms with E-state index >= 15 is 0 Å². The molecular formula is C16H23FN2O2. The van der Waals surface area contributed by atoms with Gasteiger partial charge in [-0.25, -0.2) is 9.18 Å². The van der Waals surface area contributed by atoms with E-state index in [0.29, 0.717) is 13.1 Å². The van der Waals surface area contributed by atoms with Crippen LogP contribution in [-0.2, 0) is 10.3 Å². The molecule has 116 valence electrons. The number of carbonyl (C=O) groups is 1. The molecule has 0 saturated carbocycles. The maximum Gasteiger partial charge on any atom is 0.410 e. The van der Waals surface area contributed by atoms with Gasteiger partial charge in [-0.1, -0.05) is 12.1 Å². The first kappa shape index (κ1) is 15.8. The molecule has 1 aromatic rings. The summed E-state index contributed by atoms with van der Waals surface area (Å²) in [6, 6.07) is 6.29. The lowest BCUT2D eigenvalue weighted by Gasteiger charge is -2.40. The van der Waals surface area contributed by atoms with Gasteiger partial charge in [0.05, 0.1) is 5.54 Å². The summed E-state index contributed by atoms with van der Waals surface area (Å²) < 4.78 is 18.8. The van der Waals surface area contributed by atoms with Crippen molar-refractivity contribution in [1.82, 2.24) is 4.90 Å². The Kier molecular flexibility index (Phi) is 4.23. The molecule has 2 rings (SSSR count). The summed E-state index contributed by atoms with van der Waals surface area (Å²) >= 11 is 0. The van der Waals surface area contributed by atoms with E-state index in [2.05, 4.69) is 0 Å². The quantitative estimate of drug-likeness (QED) is 0.866. The molecule has 1 atom stereocenters. The highest BCUT2D eigenvalue weighted by Gasteiger charge is 2.36. The minimum atomic E-state index is -0.725. The monoisotopic (exact) mass is 294 g/mol. The number of amides is 1. The molecule has 5 heteroatoms. The van der Waals surface area contributed by atoms with Crippen molar-refractivity contribution in [2.45, 2.75) is 44.8 Å². The van der Waals surface area contributed by atoms with E-state index in [4.69, 9.17) is 10.5 Å². The van der Waals surface area contributed by atoms with Crippen LogP contribution in [-0.4, -0.2) is 29.7 Å². The first-order chi connectivity index (χ1) is 9.70. The van der Waals surface area contributed by atoms with Gasteiger partial charge >= 0.3 is 6.09 Å². The zero-order valence-electron chi connectivity index (χ0n) is 12.9. The van der Waals surface area contributed by atoms with E-state index in [-0.39, 0.29) is 11.9 Å². The number of carbonyl (C=O) groups excluding carboxylic acids is 1. The molecule has 1 aliphatic heterocycles. The summed E-state index contributed by atoms with van der Waals surface area (Å²) in [5.74, 6) is -0.313. The molecule has 0 spiro atoms. The minimum Gasteiger partial charge on any atom is -0.444 e. The third-order valence-electron chi connectivity index (χ3n) is 3.58. The van der Waals surface area contributed by atoms with E-state index in [1.54, 1.807) is 11.0 Å². The molecule has 1 unspecified atom stereocenters. The molecule has 0 aliphatic carbocycles. The summed E-state index contributed by atoms with van der Waals surface area (Å²) in [5.41, 5.74) is 5.88. The molecule has 1 saturated heterocycles. The number of hydrogen-bond donors (Lipinski definition) is 1. The SMILES string of the molecule is CC(C)(C)OC(=O)N1CCCC(N)(c2cccc(F)c2)C1. The van der Waals surface area contributed by atoms with Crippen LogP contribution in [0.25, 0.3) is 0 Å². The Balaban J connectivity index is 2.15. The summed E-state index contributed by atoms with van der Waals surface area (Å²) in [5, 5.41) is 0. The number of nitrogens with two attached hydrogens (primary N) is 1. The predicted octanol–water partition coefficient (Wildman–Crippen LogP) is 3.01. The standard InChI is InChI=1S/C16H23FN2O2/c1-15(2,3)21-14(20)19-9-5-8-16(18,11-19)12-6-4-7-13(17)10-12/h4,6-7,10H,5,8-9,11,18H2,1-3H3. The van der Waals surface area contributed by atoms with Crippen LogP contribution in [0.1, 0.15) is 39.2 Å². The molecule has 1 aliphatic rings.